The highest BCUT2D eigenvalue weighted by Crippen LogP contribution is 2.08. The number of nitrogens with zero attached hydrogens (tertiary/aromatic N) is 1. The fraction of sp³-hybridized carbons (Fsp3) is 0.684. The Kier molecular flexibility index (Phi) is 13.8. The summed E-state index contributed by atoms with van der Waals surface area (Å²) in [5.41, 5.74) is 21.2. The van der Waals surface area contributed by atoms with Crippen molar-refractivity contribution in [3.63, 3.8) is 0 Å². The highest BCUT2D eigenvalue weighted by molar-refractivity contribution is 5.95. The van der Waals surface area contributed by atoms with Crippen molar-refractivity contribution in [3.05, 3.63) is 0 Å². The van der Waals surface area contributed by atoms with Crippen LogP contribution in [-0.4, -0.2) is 83.1 Å². The van der Waals surface area contributed by atoms with Crippen LogP contribution in [0.4, 0.5) is 0 Å². The first kappa shape index (κ1) is 30.5. The molecule has 0 saturated carbocycles. The summed E-state index contributed by atoms with van der Waals surface area (Å²) in [6, 6.07) is -5.17. The van der Waals surface area contributed by atoms with E-state index in [0.717, 1.165) is 0 Å². The number of hydrogen-bond acceptors (Lipinski definition) is 8. The van der Waals surface area contributed by atoms with Crippen molar-refractivity contribution >= 4 is 35.6 Å². The molecule has 0 rings (SSSR count). The Balaban J connectivity index is 5.54. The Hall–Kier alpha value is -3.46. The lowest BCUT2D eigenvalue weighted by Crippen LogP contribution is -2.57. The minimum absolute atomic E-state index is 0.0576. The van der Waals surface area contributed by atoms with Gasteiger partial charge in [0.15, 0.2) is 5.96 Å². The maximum absolute atomic E-state index is 12.9. The first-order valence-corrected chi connectivity index (χ1v) is 10.6. The second-order valence-electron chi connectivity index (χ2n) is 8.06. The zero-order chi connectivity index (χ0) is 26.4. The van der Waals surface area contributed by atoms with Crippen LogP contribution in [0.15, 0.2) is 4.99 Å². The van der Waals surface area contributed by atoms with E-state index >= 15 is 0 Å². The van der Waals surface area contributed by atoms with Gasteiger partial charge in [0.25, 0.3) is 0 Å². The van der Waals surface area contributed by atoms with Gasteiger partial charge in [-0.1, -0.05) is 13.8 Å². The Bertz CT molecular complexity index is 755. The maximum atomic E-state index is 12.9. The van der Waals surface area contributed by atoms with E-state index < -0.39 is 66.8 Å². The van der Waals surface area contributed by atoms with Gasteiger partial charge in [0.2, 0.25) is 23.6 Å². The van der Waals surface area contributed by atoms with Gasteiger partial charge in [-0.15, -0.1) is 0 Å². The van der Waals surface area contributed by atoms with E-state index in [1.165, 1.54) is 0 Å². The Morgan fingerprint density at radius 1 is 0.882 bits per heavy atom. The second kappa shape index (κ2) is 15.4. The lowest BCUT2D eigenvalue weighted by Gasteiger charge is -2.25. The van der Waals surface area contributed by atoms with Crippen molar-refractivity contribution in [2.24, 2.45) is 33.8 Å². The quantitative estimate of drug-likeness (QED) is 0.0573. The first-order chi connectivity index (χ1) is 15.8. The van der Waals surface area contributed by atoms with E-state index in [0.29, 0.717) is 0 Å². The van der Waals surface area contributed by atoms with Gasteiger partial charge < -0.3 is 49.1 Å². The van der Waals surface area contributed by atoms with Gasteiger partial charge >= 0.3 is 5.97 Å². The van der Waals surface area contributed by atoms with E-state index in [9.17, 15) is 24.0 Å². The molecular formula is C19H36N8O7. The van der Waals surface area contributed by atoms with Crippen molar-refractivity contribution in [2.45, 2.75) is 63.7 Å². The highest BCUT2D eigenvalue weighted by atomic mass is 16.4. The third-order valence-electron chi connectivity index (χ3n) is 4.47. The summed E-state index contributed by atoms with van der Waals surface area (Å²) in [5, 5.41) is 25.3. The number of amides is 4. The van der Waals surface area contributed by atoms with Gasteiger partial charge in [-0.05, 0) is 25.2 Å². The Labute approximate surface area is 197 Å². The highest BCUT2D eigenvalue weighted by Gasteiger charge is 2.30. The van der Waals surface area contributed by atoms with Crippen LogP contribution in [0.2, 0.25) is 0 Å². The number of aliphatic carboxylic acids is 1. The van der Waals surface area contributed by atoms with E-state index in [-0.39, 0.29) is 37.7 Å². The molecule has 0 fully saturated rings. The third-order valence-corrected chi connectivity index (χ3v) is 4.47. The molecule has 0 saturated heterocycles. The number of guanidine groups is 1. The summed E-state index contributed by atoms with van der Waals surface area (Å²) < 4.78 is 0. The molecule has 0 aromatic rings. The number of rotatable bonds is 16. The SMILES string of the molecule is CC(C)CC(NC(=O)C(CCCN=C(N)N)NC(=O)C(N)CC(N)=O)C(=O)NC(CO)C(=O)O. The van der Waals surface area contributed by atoms with Crippen molar-refractivity contribution in [1.29, 1.82) is 0 Å². The number of carbonyl (C=O) groups excluding carboxylic acids is 4. The van der Waals surface area contributed by atoms with Gasteiger partial charge in [0.1, 0.15) is 18.1 Å². The van der Waals surface area contributed by atoms with Gasteiger partial charge in [0, 0.05) is 6.54 Å². The molecule has 15 heteroatoms. The van der Waals surface area contributed by atoms with Gasteiger partial charge in [0.05, 0.1) is 19.1 Å². The molecule has 4 atom stereocenters. The number of hydrogen-bond donors (Lipinski definition) is 9. The lowest BCUT2D eigenvalue weighted by molar-refractivity contribution is -0.143. The smallest absolute Gasteiger partial charge is 0.328 e. The lowest BCUT2D eigenvalue weighted by atomic mass is 10.0. The van der Waals surface area contributed by atoms with Crippen LogP contribution in [-0.2, 0) is 24.0 Å². The zero-order valence-electron chi connectivity index (χ0n) is 19.3. The monoisotopic (exact) mass is 488 g/mol. The second-order valence-corrected chi connectivity index (χ2v) is 8.06. The maximum Gasteiger partial charge on any atom is 0.328 e. The van der Waals surface area contributed by atoms with E-state index in [2.05, 4.69) is 20.9 Å². The zero-order valence-corrected chi connectivity index (χ0v) is 19.3. The van der Waals surface area contributed by atoms with E-state index in [1.54, 1.807) is 13.8 Å². The van der Waals surface area contributed by atoms with Crippen LogP contribution in [0, 0.1) is 5.92 Å². The predicted octanol–water partition coefficient (Wildman–Crippen LogP) is -4.18. The predicted molar refractivity (Wildman–Crippen MR) is 122 cm³/mol. The summed E-state index contributed by atoms with van der Waals surface area (Å²) in [4.78, 5) is 63.8. The van der Waals surface area contributed by atoms with Gasteiger partial charge in [-0.2, -0.15) is 0 Å². The number of carbonyl (C=O) groups is 5. The standard InChI is InChI=1S/C19H36N8O7/c1-9(2)6-12(17(32)27-13(8-28)18(33)34)26-16(31)11(4-3-5-24-19(22)23)25-15(30)10(20)7-14(21)29/h9-13,28H,3-8,20H2,1-2H3,(H2,21,29)(H,25,30)(H,26,31)(H,27,32)(H,33,34)(H4,22,23,24). The number of aliphatic imine (C=N–C) groups is 1. The molecule has 0 heterocycles. The van der Waals surface area contributed by atoms with Crippen molar-refractivity contribution in [3.8, 4) is 0 Å². The minimum atomic E-state index is -1.55. The van der Waals surface area contributed by atoms with Gasteiger partial charge in [-0.25, -0.2) is 4.79 Å². The summed E-state index contributed by atoms with van der Waals surface area (Å²) in [5.74, 6) is -4.86. The van der Waals surface area contributed by atoms with Crippen LogP contribution in [0.3, 0.4) is 0 Å². The number of carboxylic acids is 1. The number of nitrogens with one attached hydrogen (secondary N) is 3. The Morgan fingerprint density at radius 2 is 1.41 bits per heavy atom. The average Bonchev–Trinajstić information content (AvgIpc) is 2.71. The molecule has 13 N–H and O–H groups in total. The summed E-state index contributed by atoms with van der Waals surface area (Å²) in [7, 11) is 0. The van der Waals surface area contributed by atoms with Crippen molar-refractivity contribution < 1.29 is 34.2 Å². The number of aliphatic hydroxyl groups excluding tert-OH is 1. The molecule has 0 bridgehead atoms. The number of carboxylic acid groups (broad SMARTS) is 1. The summed E-state index contributed by atoms with van der Waals surface area (Å²) in [6.07, 6.45) is 0.0332. The van der Waals surface area contributed by atoms with Crippen LogP contribution in [0.25, 0.3) is 0 Å². The molecule has 0 aliphatic rings. The molecular weight excluding hydrogens is 452 g/mol. The molecule has 0 aromatic heterocycles. The van der Waals surface area contributed by atoms with E-state index in [1.807, 2.05) is 0 Å². The largest absolute Gasteiger partial charge is 0.480 e. The van der Waals surface area contributed by atoms with Crippen molar-refractivity contribution in [2.75, 3.05) is 13.2 Å². The fourth-order valence-electron chi connectivity index (χ4n) is 2.79. The van der Waals surface area contributed by atoms with Crippen molar-refractivity contribution in [1.82, 2.24) is 16.0 Å². The van der Waals surface area contributed by atoms with Crippen LogP contribution in [0.5, 0.6) is 0 Å². The normalized spacial score (nSPS) is 14.3. The molecule has 4 amide bonds. The first-order valence-electron chi connectivity index (χ1n) is 10.6. The molecule has 4 unspecified atom stereocenters. The number of nitrogens with two attached hydrogens (primary N) is 4. The summed E-state index contributed by atoms with van der Waals surface area (Å²) in [6.45, 7) is 2.88. The number of primary amides is 1. The molecule has 0 aliphatic heterocycles. The molecule has 0 aromatic carbocycles. The molecule has 15 nitrogen and oxygen atoms in total. The molecule has 0 radical (unpaired) electrons. The third kappa shape index (κ3) is 12.5. The Morgan fingerprint density at radius 3 is 1.88 bits per heavy atom. The summed E-state index contributed by atoms with van der Waals surface area (Å²) >= 11 is 0. The minimum Gasteiger partial charge on any atom is -0.480 e. The van der Waals surface area contributed by atoms with Gasteiger partial charge in [-0.3, -0.25) is 24.2 Å². The topological polar surface area (TPSA) is 278 Å². The molecule has 34 heavy (non-hydrogen) atoms. The van der Waals surface area contributed by atoms with E-state index in [4.69, 9.17) is 33.1 Å². The fourth-order valence-corrected chi connectivity index (χ4v) is 2.79. The number of aliphatic hydroxyl groups is 1. The van der Waals surface area contributed by atoms with Crippen LogP contribution >= 0.6 is 0 Å². The average molecular weight is 489 g/mol. The van der Waals surface area contributed by atoms with Crippen LogP contribution in [0.1, 0.15) is 39.5 Å². The molecule has 194 valence electrons. The molecule has 0 spiro atoms. The molecule has 0 aliphatic carbocycles. The van der Waals surface area contributed by atoms with Crippen LogP contribution < -0.4 is 38.9 Å².